The van der Waals surface area contributed by atoms with Gasteiger partial charge in [0.05, 0.1) is 14.2 Å². The van der Waals surface area contributed by atoms with Gasteiger partial charge in [0.2, 0.25) is 0 Å². The summed E-state index contributed by atoms with van der Waals surface area (Å²) in [5.74, 6) is 1.66. The maximum absolute atomic E-state index is 12.3. The van der Waals surface area contributed by atoms with E-state index in [1.54, 1.807) is 14.2 Å². The fourth-order valence-electron chi connectivity index (χ4n) is 3.99. The van der Waals surface area contributed by atoms with Crippen LogP contribution in [-0.4, -0.2) is 36.4 Å². The number of hydrogen-bond acceptors (Lipinski definition) is 5. The van der Waals surface area contributed by atoms with Gasteiger partial charge in [0, 0.05) is 35.0 Å². The van der Waals surface area contributed by atoms with Gasteiger partial charge in [0.1, 0.15) is 0 Å². The fraction of sp³-hybridized carbons (Fsp3) is 0.421. The molecule has 1 aromatic heterocycles. The van der Waals surface area contributed by atoms with Gasteiger partial charge in [-0.1, -0.05) is 0 Å². The number of rotatable bonds is 3. The lowest BCUT2D eigenvalue weighted by molar-refractivity contribution is 0.354. The van der Waals surface area contributed by atoms with Crippen molar-refractivity contribution in [3.8, 4) is 11.5 Å². The van der Waals surface area contributed by atoms with Crippen molar-refractivity contribution >= 4 is 17.9 Å². The minimum Gasteiger partial charge on any atom is -0.493 e. The molecular formula is C19H21N3O3S. The Hall–Kier alpha value is -2.41. The molecule has 0 radical (unpaired) electrons. The molecule has 1 unspecified atom stereocenters. The number of fused-ring (bicyclic) bond motifs is 2. The highest BCUT2D eigenvalue weighted by molar-refractivity contribution is 7.71. The molecule has 0 spiro atoms. The average molecular weight is 371 g/mol. The molecule has 136 valence electrons. The monoisotopic (exact) mass is 371 g/mol. The molecule has 7 heteroatoms. The van der Waals surface area contributed by atoms with Gasteiger partial charge in [-0.2, -0.15) is 0 Å². The van der Waals surface area contributed by atoms with Crippen molar-refractivity contribution in [3.05, 3.63) is 49.6 Å². The Kier molecular flexibility index (Phi) is 4.40. The quantitative estimate of drug-likeness (QED) is 0.813. The largest absolute Gasteiger partial charge is 0.493 e. The summed E-state index contributed by atoms with van der Waals surface area (Å²) in [5.41, 5.74) is 5.07. The van der Waals surface area contributed by atoms with Gasteiger partial charge in [-0.05, 0) is 55.6 Å². The van der Waals surface area contributed by atoms with Crippen molar-refractivity contribution in [1.82, 2.24) is 9.97 Å². The topological polar surface area (TPSA) is 79.5 Å². The van der Waals surface area contributed by atoms with E-state index in [9.17, 15) is 4.79 Å². The molecule has 6 nitrogen and oxygen atoms in total. The van der Waals surface area contributed by atoms with Crippen LogP contribution in [0.15, 0.2) is 21.9 Å². The first-order valence-corrected chi connectivity index (χ1v) is 9.15. The first-order valence-electron chi connectivity index (χ1n) is 8.74. The number of aromatic nitrogens is 2. The predicted octanol–water partition coefficient (Wildman–Crippen LogP) is 2.60. The number of H-pyrrole nitrogens is 2. The number of aliphatic imine (C=N–C) groups is 1. The van der Waals surface area contributed by atoms with Crippen molar-refractivity contribution in [2.24, 2.45) is 10.9 Å². The zero-order valence-electron chi connectivity index (χ0n) is 14.8. The Morgan fingerprint density at radius 1 is 1.15 bits per heavy atom. The zero-order valence-corrected chi connectivity index (χ0v) is 15.7. The van der Waals surface area contributed by atoms with Crippen LogP contribution in [0.2, 0.25) is 0 Å². The Labute approximate surface area is 156 Å². The number of nitrogens with zero attached hydrogens (tertiary/aromatic N) is 1. The third-order valence-electron chi connectivity index (χ3n) is 5.26. The molecule has 2 aliphatic rings. The summed E-state index contributed by atoms with van der Waals surface area (Å²) < 4.78 is 11.3. The summed E-state index contributed by atoms with van der Waals surface area (Å²) in [6, 6.07) is 4.06. The minimum atomic E-state index is -0.0857. The smallest absolute Gasteiger partial charge is 0.255 e. The molecule has 1 aliphatic carbocycles. The summed E-state index contributed by atoms with van der Waals surface area (Å²) in [6.07, 6.45) is 3.29. The second kappa shape index (κ2) is 6.72. The summed E-state index contributed by atoms with van der Waals surface area (Å²) in [4.78, 5) is 23.0. The van der Waals surface area contributed by atoms with E-state index in [1.165, 1.54) is 5.56 Å². The standard InChI is InChI=1S/C19H21N3O3S/c1-24-15-8-10-5-6-20-17(12(10)9-16(15)25-2)11-3-4-14-13(7-11)18(23)22-19(26)21-14/h8-9,11H,3-7H2,1-2H3,(H2,21,22,23,26). The first kappa shape index (κ1) is 17.0. The summed E-state index contributed by atoms with van der Waals surface area (Å²) in [6.45, 7) is 0.759. The van der Waals surface area contributed by atoms with Crippen LogP contribution in [0.25, 0.3) is 0 Å². The summed E-state index contributed by atoms with van der Waals surface area (Å²) in [5, 5.41) is 0. The third kappa shape index (κ3) is 2.86. The lowest BCUT2D eigenvalue weighted by Crippen LogP contribution is -2.31. The van der Waals surface area contributed by atoms with Crippen molar-refractivity contribution in [2.75, 3.05) is 20.8 Å². The molecule has 1 atom stereocenters. The lowest BCUT2D eigenvalue weighted by Gasteiger charge is -2.28. The number of aromatic amines is 2. The van der Waals surface area contributed by atoms with Crippen molar-refractivity contribution in [3.63, 3.8) is 0 Å². The van der Waals surface area contributed by atoms with Gasteiger partial charge in [-0.25, -0.2) is 0 Å². The lowest BCUT2D eigenvalue weighted by atomic mass is 9.79. The van der Waals surface area contributed by atoms with Crippen LogP contribution in [0.5, 0.6) is 11.5 Å². The van der Waals surface area contributed by atoms with E-state index >= 15 is 0 Å². The van der Waals surface area contributed by atoms with E-state index in [2.05, 4.69) is 9.97 Å². The molecule has 0 saturated carbocycles. The van der Waals surface area contributed by atoms with Gasteiger partial charge in [-0.15, -0.1) is 0 Å². The van der Waals surface area contributed by atoms with E-state index < -0.39 is 0 Å². The molecule has 4 rings (SSSR count). The maximum atomic E-state index is 12.3. The minimum absolute atomic E-state index is 0.0857. The van der Waals surface area contributed by atoms with Crippen molar-refractivity contribution in [2.45, 2.75) is 25.7 Å². The molecule has 2 N–H and O–H groups in total. The van der Waals surface area contributed by atoms with E-state index in [0.717, 1.165) is 54.1 Å². The number of aryl methyl sites for hydroxylation is 1. The van der Waals surface area contributed by atoms with Gasteiger partial charge in [-0.3, -0.25) is 14.8 Å². The van der Waals surface area contributed by atoms with E-state index in [1.807, 2.05) is 12.1 Å². The molecule has 1 aromatic carbocycles. The van der Waals surface area contributed by atoms with E-state index in [4.69, 9.17) is 26.7 Å². The van der Waals surface area contributed by atoms with Crippen LogP contribution in [0.1, 0.15) is 28.8 Å². The number of hydrogen-bond donors (Lipinski definition) is 2. The van der Waals surface area contributed by atoms with Gasteiger partial charge < -0.3 is 14.5 Å². The molecule has 0 saturated heterocycles. The SMILES string of the molecule is COc1cc2c(cc1OC)C(C1CCc3[nH]c(=S)[nH]c(=O)c3C1)=NCC2. The molecule has 0 bridgehead atoms. The normalized spacial score (nSPS) is 18.5. The third-order valence-corrected chi connectivity index (χ3v) is 5.46. The second-order valence-electron chi connectivity index (χ2n) is 6.69. The summed E-state index contributed by atoms with van der Waals surface area (Å²) >= 11 is 5.08. The predicted molar refractivity (Wildman–Crippen MR) is 102 cm³/mol. The molecule has 0 fully saturated rings. The highest BCUT2D eigenvalue weighted by Crippen LogP contribution is 2.35. The molecule has 2 aromatic rings. The highest BCUT2D eigenvalue weighted by atomic mass is 32.1. The van der Waals surface area contributed by atoms with Gasteiger partial charge >= 0.3 is 0 Å². The Morgan fingerprint density at radius 3 is 2.69 bits per heavy atom. The zero-order chi connectivity index (χ0) is 18.3. The summed E-state index contributed by atoms with van der Waals surface area (Å²) in [7, 11) is 3.29. The van der Waals surface area contributed by atoms with Crippen LogP contribution in [0.4, 0.5) is 0 Å². The van der Waals surface area contributed by atoms with Gasteiger partial charge in [0.25, 0.3) is 5.56 Å². The van der Waals surface area contributed by atoms with E-state index in [-0.39, 0.29) is 11.5 Å². The highest BCUT2D eigenvalue weighted by Gasteiger charge is 2.29. The van der Waals surface area contributed by atoms with Gasteiger partial charge in [0.15, 0.2) is 16.3 Å². The van der Waals surface area contributed by atoms with Crippen molar-refractivity contribution < 1.29 is 9.47 Å². The van der Waals surface area contributed by atoms with E-state index in [0.29, 0.717) is 16.9 Å². The second-order valence-corrected chi connectivity index (χ2v) is 7.09. The van der Waals surface area contributed by atoms with Crippen molar-refractivity contribution in [1.29, 1.82) is 0 Å². The molecule has 0 amide bonds. The van der Waals surface area contributed by atoms with Crippen LogP contribution in [0.3, 0.4) is 0 Å². The number of nitrogens with one attached hydrogen (secondary N) is 2. The number of ether oxygens (including phenoxy) is 2. The van der Waals surface area contributed by atoms with Crippen LogP contribution in [0, 0.1) is 10.7 Å². The molecule has 2 heterocycles. The Balaban J connectivity index is 1.73. The molecule has 1 aliphatic heterocycles. The Bertz CT molecular complexity index is 1010. The Morgan fingerprint density at radius 2 is 1.92 bits per heavy atom. The maximum Gasteiger partial charge on any atom is 0.255 e. The average Bonchev–Trinajstić information content (AvgIpc) is 2.66. The number of methoxy groups -OCH3 is 2. The van der Waals surface area contributed by atoms with Crippen LogP contribution in [-0.2, 0) is 19.3 Å². The molecular weight excluding hydrogens is 350 g/mol. The van der Waals surface area contributed by atoms with Crippen LogP contribution >= 0.6 is 12.2 Å². The number of benzene rings is 1. The first-order chi connectivity index (χ1) is 12.6. The fourth-order valence-corrected chi connectivity index (χ4v) is 4.20. The van der Waals surface area contributed by atoms with Crippen LogP contribution < -0.4 is 15.0 Å². The molecule has 26 heavy (non-hydrogen) atoms.